The topological polar surface area (TPSA) is 55.1 Å². The van der Waals surface area contributed by atoms with Gasteiger partial charge in [-0.15, -0.1) is 0 Å². The van der Waals surface area contributed by atoms with Crippen LogP contribution in [0.4, 0.5) is 5.69 Å². The Morgan fingerprint density at radius 1 is 1.19 bits per heavy atom. The first-order valence-electron chi connectivity index (χ1n) is 5.70. The smallest absolute Gasteiger partial charge is 0.224 e. The van der Waals surface area contributed by atoms with E-state index in [9.17, 15) is 4.79 Å². The predicted molar refractivity (Wildman–Crippen MR) is 67.5 cm³/mol. The second-order valence-electron chi connectivity index (χ2n) is 4.17. The minimum atomic E-state index is 0.0680. The number of hydrogen-bond acceptors (Lipinski definition) is 2. The zero-order valence-corrected chi connectivity index (χ0v) is 10.0. The highest BCUT2D eigenvalue weighted by atomic mass is 16.1. The zero-order chi connectivity index (χ0) is 12.0. The molecule has 1 aromatic rings. The molecule has 0 spiro atoms. The molecule has 1 rings (SSSR count). The number of amides is 1. The van der Waals surface area contributed by atoms with E-state index in [2.05, 4.69) is 11.4 Å². The molecule has 0 atom stereocenters. The molecule has 88 valence electrons. The molecular weight excluding hydrogens is 200 g/mol. The Hall–Kier alpha value is -1.35. The number of aryl methyl sites for hydroxylation is 2. The van der Waals surface area contributed by atoms with Crippen LogP contribution in [0, 0.1) is 13.8 Å². The fourth-order valence-electron chi connectivity index (χ4n) is 1.70. The first-order valence-corrected chi connectivity index (χ1v) is 5.70. The molecule has 0 aliphatic carbocycles. The maximum absolute atomic E-state index is 11.6. The lowest BCUT2D eigenvalue weighted by molar-refractivity contribution is -0.116. The predicted octanol–water partition coefficient (Wildman–Crippen LogP) is 2.37. The lowest BCUT2D eigenvalue weighted by Crippen LogP contribution is -2.12. The van der Waals surface area contributed by atoms with Gasteiger partial charge in [0.05, 0.1) is 0 Å². The van der Waals surface area contributed by atoms with Gasteiger partial charge in [0.2, 0.25) is 5.91 Å². The SMILES string of the molecule is Cc1cc(C)cc(NC(=O)CCCCN)c1. The van der Waals surface area contributed by atoms with Crippen LogP contribution >= 0.6 is 0 Å². The lowest BCUT2D eigenvalue weighted by Gasteiger charge is -2.07. The van der Waals surface area contributed by atoms with Crippen LogP contribution in [0.5, 0.6) is 0 Å². The van der Waals surface area contributed by atoms with Crippen LogP contribution in [0.2, 0.25) is 0 Å². The van der Waals surface area contributed by atoms with E-state index in [0.29, 0.717) is 13.0 Å². The molecule has 0 aliphatic rings. The molecule has 0 heterocycles. The van der Waals surface area contributed by atoms with Gasteiger partial charge in [-0.25, -0.2) is 0 Å². The normalized spacial score (nSPS) is 10.2. The van der Waals surface area contributed by atoms with E-state index in [0.717, 1.165) is 29.7 Å². The largest absolute Gasteiger partial charge is 0.330 e. The summed E-state index contributed by atoms with van der Waals surface area (Å²) in [5, 5.41) is 2.90. The van der Waals surface area contributed by atoms with Gasteiger partial charge in [0, 0.05) is 12.1 Å². The second kappa shape index (κ2) is 6.28. The number of nitrogens with one attached hydrogen (secondary N) is 1. The third-order valence-electron chi connectivity index (χ3n) is 2.36. The molecule has 0 fully saturated rings. The molecule has 0 aromatic heterocycles. The Labute approximate surface area is 97.0 Å². The van der Waals surface area contributed by atoms with Crippen molar-refractivity contribution in [2.45, 2.75) is 33.1 Å². The number of unbranched alkanes of at least 4 members (excludes halogenated alkanes) is 1. The minimum absolute atomic E-state index is 0.0680. The Kier molecular flexibility index (Phi) is 4.99. The molecule has 0 aliphatic heterocycles. The molecule has 0 bridgehead atoms. The first-order chi connectivity index (χ1) is 7.61. The molecule has 0 saturated carbocycles. The van der Waals surface area contributed by atoms with Crippen LogP contribution in [0.1, 0.15) is 30.4 Å². The van der Waals surface area contributed by atoms with E-state index in [1.165, 1.54) is 0 Å². The summed E-state index contributed by atoms with van der Waals surface area (Å²) in [7, 11) is 0. The third kappa shape index (κ3) is 4.45. The summed E-state index contributed by atoms with van der Waals surface area (Å²) in [4.78, 5) is 11.6. The highest BCUT2D eigenvalue weighted by Gasteiger charge is 2.02. The number of carbonyl (C=O) groups excluding carboxylic acids is 1. The van der Waals surface area contributed by atoms with E-state index in [1.807, 2.05) is 26.0 Å². The van der Waals surface area contributed by atoms with Crippen molar-refractivity contribution in [3.8, 4) is 0 Å². The van der Waals surface area contributed by atoms with Crippen molar-refractivity contribution in [2.24, 2.45) is 5.73 Å². The van der Waals surface area contributed by atoms with Crippen LogP contribution in [0.3, 0.4) is 0 Å². The van der Waals surface area contributed by atoms with Crippen molar-refractivity contribution in [1.82, 2.24) is 0 Å². The molecule has 1 aromatic carbocycles. The van der Waals surface area contributed by atoms with E-state index < -0.39 is 0 Å². The van der Waals surface area contributed by atoms with Crippen molar-refractivity contribution < 1.29 is 4.79 Å². The summed E-state index contributed by atoms with van der Waals surface area (Å²) in [6.45, 7) is 4.70. The molecule has 0 saturated heterocycles. The lowest BCUT2D eigenvalue weighted by atomic mass is 10.1. The van der Waals surface area contributed by atoms with Crippen molar-refractivity contribution in [3.05, 3.63) is 29.3 Å². The van der Waals surface area contributed by atoms with Crippen molar-refractivity contribution in [1.29, 1.82) is 0 Å². The number of benzene rings is 1. The standard InChI is InChI=1S/C13H20N2O/c1-10-7-11(2)9-12(8-10)15-13(16)5-3-4-6-14/h7-9H,3-6,14H2,1-2H3,(H,15,16). The summed E-state index contributed by atoms with van der Waals surface area (Å²) in [6, 6.07) is 6.05. The van der Waals surface area contributed by atoms with E-state index in [1.54, 1.807) is 0 Å². The Morgan fingerprint density at radius 3 is 2.38 bits per heavy atom. The van der Waals surface area contributed by atoms with Gasteiger partial charge in [0.1, 0.15) is 0 Å². The van der Waals surface area contributed by atoms with Gasteiger partial charge >= 0.3 is 0 Å². The molecular formula is C13H20N2O. The number of anilines is 1. The van der Waals surface area contributed by atoms with E-state index in [-0.39, 0.29) is 5.91 Å². The highest BCUT2D eigenvalue weighted by molar-refractivity contribution is 5.90. The molecule has 0 radical (unpaired) electrons. The van der Waals surface area contributed by atoms with Crippen LogP contribution in [-0.2, 0) is 4.79 Å². The maximum Gasteiger partial charge on any atom is 0.224 e. The average Bonchev–Trinajstić information content (AvgIpc) is 2.16. The number of rotatable bonds is 5. The summed E-state index contributed by atoms with van der Waals surface area (Å²) < 4.78 is 0. The maximum atomic E-state index is 11.6. The Morgan fingerprint density at radius 2 is 1.81 bits per heavy atom. The van der Waals surface area contributed by atoms with Crippen LogP contribution < -0.4 is 11.1 Å². The third-order valence-corrected chi connectivity index (χ3v) is 2.36. The fourth-order valence-corrected chi connectivity index (χ4v) is 1.70. The molecule has 1 amide bonds. The number of hydrogen-bond donors (Lipinski definition) is 2. The van der Waals surface area contributed by atoms with Crippen molar-refractivity contribution in [2.75, 3.05) is 11.9 Å². The quantitative estimate of drug-likeness (QED) is 0.748. The summed E-state index contributed by atoms with van der Waals surface area (Å²) in [6.07, 6.45) is 2.30. The van der Waals surface area contributed by atoms with Gasteiger partial charge < -0.3 is 11.1 Å². The van der Waals surface area contributed by atoms with Gasteiger partial charge in [-0.2, -0.15) is 0 Å². The van der Waals surface area contributed by atoms with Gasteiger partial charge in [-0.05, 0) is 56.5 Å². The summed E-state index contributed by atoms with van der Waals surface area (Å²) >= 11 is 0. The minimum Gasteiger partial charge on any atom is -0.330 e. The van der Waals surface area contributed by atoms with Crippen molar-refractivity contribution >= 4 is 11.6 Å². The number of carbonyl (C=O) groups is 1. The summed E-state index contributed by atoms with van der Waals surface area (Å²) in [5.41, 5.74) is 8.59. The van der Waals surface area contributed by atoms with Gasteiger partial charge in [0.25, 0.3) is 0 Å². The van der Waals surface area contributed by atoms with Crippen molar-refractivity contribution in [3.63, 3.8) is 0 Å². The van der Waals surface area contributed by atoms with E-state index >= 15 is 0 Å². The first kappa shape index (κ1) is 12.7. The average molecular weight is 220 g/mol. The van der Waals surface area contributed by atoms with Crippen LogP contribution in [0.25, 0.3) is 0 Å². The summed E-state index contributed by atoms with van der Waals surface area (Å²) in [5.74, 6) is 0.0680. The Bertz CT molecular complexity index is 341. The van der Waals surface area contributed by atoms with Gasteiger partial charge in [-0.3, -0.25) is 4.79 Å². The Balaban J connectivity index is 2.49. The van der Waals surface area contributed by atoms with Crippen LogP contribution in [-0.4, -0.2) is 12.5 Å². The molecule has 3 N–H and O–H groups in total. The molecule has 3 nitrogen and oxygen atoms in total. The molecule has 0 unspecified atom stereocenters. The van der Waals surface area contributed by atoms with Gasteiger partial charge in [-0.1, -0.05) is 6.07 Å². The number of nitrogens with two attached hydrogens (primary N) is 1. The monoisotopic (exact) mass is 220 g/mol. The van der Waals surface area contributed by atoms with E-state index in [4.69, 9.17) is 5.73 Å². The fraction of sp³-hybridized carbons (Fsp3) is 0.462. The second-order valence-corrected chi connectivity index (χ2v) is 4.17. The highest BCUT2D eigenvalue weighted by Crippen LogP contribution is 2.14. The molecule has 16 heavy (non-hydrogen) atoms. The van der Waals surface area contributed by atoms with Gasteiger partial charge in [0.15, 0.2) is 0 Å². The zero-order valence-electron chi connectivity index (χ0n) is 10.0. The van der Waals surface area contributed by atoms with Crippen LogP contribution in [0.15, 0.2) is 18.2 Å². The molecule has 3 heteroatoms.